The van der Waals surface area contributed by atoms with Crippen molar-refractivity contribution in [3.8, 4) is 5.75 Å². The molecule has 5 nitrogen and oxygen atoms in total. The molecule has 0 radical (unpaired) electrons. The monoisotopic (exact) mass is 299 g/mol. The van der Waals surface area contributed by atoms with E-state index in [1.807, 2.05) is 20.8 Å². The number of hydrogen-bond acceptors (Lipinski definition) is 4. The molecular weight excluding hydrogens is 278 g/mol. The van der Waals surface area contributed by atoms with Gasteiger partial charge in [-0.2, -0.15) is 0 Å². The van der Waals surface area contributed by atoms with Crippen LogP contribution in [0.3, 0.4) is 0 Å². The Hall–Kier alpha value is -1.56. The van der Waals surface area contributed by atoms with E-state index >= 15 is 0 Å². The van der Waals surface area contributed by atoms with E-state index in [2.05, 4.69) is 0 Å². The lowest BCUT2D eigenvalue weighted by Crippen LogP contribution is -2.40. The van der Waals surface area contributed by atoms with Crippen LogP contribution in [-0.4, -0.2) is 41.1 Å². The first-order valence-electron chi connectivity index (χ1n) is 6.75. The Labute approximate surface area is 123 Å². The molecule has 0 bridgehead atoms. The minimum Gasteiger partial charge on any atom is -0.479 e. The molecule has 112 valence electrons. The number of aryl methyl sites for hydroxylation is 1. The minimum absolute atomic E-state index is 0.129. The van der Waals surface area contributed by atoms with Crippen LogP contribution in [0.25, 0.3) is 0 Å². The van der Waals surface area contributed by atoms with Crippen molar-refractivity contribution >= 4 is 23.2 Å². The lowest BCUT2D eigenvalue weighted by Gasteiger charge is -2.23. The van der Waals surface area contributed by atoms with Crippen LogP contribution in [0.2, 0.25) is 0 Å². The minimum atomic E-state index is -1.02. The van der Waals surface area contributed by atoms with E-state index in [-0.39, 0.29) is 16.5 Å². The maximum Gasteiger partial charge on any atom is 0.349 e. The molecular formula is C14H21NO4S. The predicted octanol–water partition coefficient (Wildman–Crippen LogP) is 2.64. The molecule has 1 aromatic rings. The van der Waals surface area contributed by atoms with Crippen molar-refractivity contribution in [2.24, 2.45) is 0 Å². The number of carboxylic acids is 1. The van der Waals surface area contributed by atoms with Crippen molar-refractivity contribution < 1.29 is 19.4 Å². The summed E-state index contributed by atoms with van der Waals surface area (Å²) in [6, 6.07) is 1.71. The highest BCUT2D eigenvalue weighted by Crippen LogP contribution is 2.30. The van der Waals surface area contributed by atoms with E-state index in [0.29, 0.717) is 13.1 Å². The second-order valence-corrected chi connectivity index (χ2v) is 5.47. The summed E-state index contributed by atoms with van der Waals surface area (Å²) >= 11 is 1.19. The summed E-state index contributed by atoms with van der Waals surface area (Å²) in [6.07, 6.45) is 0.0551. The molecule has 1 atom stereocenters. The average molecular weight is 299 g/mol. The zero-order valence-electron chi connectivity index (χ0n) is 12.3. The third-order valence-corrected chi connectivity index (χ3v) is 4.27. The highest BCUT2D eigenvalue weighted by molar-refractivity contribution is 7.14. The Balaban J connectivity index is 2.89. The molecule has 0 spiro atoms. The standard InChI is InChI=1S/C14H21NO4S/c1-5-10-8-11(12(20-10)14(17)18)19-9(4)13(16)15(6-2)7-3/h8-9H,5-7H2,1-4H3,(H,17,18). The van der Waals surface area contributed by atoms with Gasteiger partial charge in [0.2, 0.25) is 0 Å². The molecule has 20 heavy (non-hydrogen) atoms. The first kappa shape index (κ1) is 16.5. The van der Waals surface area contributed by atoms with E-state index in [1.165, 1.54) is 11.3 Å². The van der Waals surface area contributed by atoms with E-state index in [4.69, 9.17) is 9.84 Å². The van der Waals surface area contributed by atoms with Gasteiger partial charge in [0.25, 0.3) is 5.91 Å². The molecule has 0 aliphatic heterocycles. The number of ether oxygens (including phenoxy) is 1. The number of nitrogens with zero attached hydrogens (tertiary/aromatic N) is 1. The summed E-state index contributed by atoms with van der Waals surface area (Å²) in [5.41, 5.74) is 0. The third kappa shape index (κ3) is 3.72. The Morgan fingerprint density at radius 1 is 1.35 bits per heavy atom. The molecule has 1 unspecified atom stereocenters. The van der Waals surface area contributed by atoms with Crippen molar-refractivity contribution in [3.63, 3.8) is 0 Å². The Bertz CT molecular complexity index is 480. The molecule has 0 fully saturated rings. The van der Waals surface area contributed by atoms with Gasteiger partial charge in [-0.15, -0.1) is 11.3 Å². The second-order valence-electron chi connectivity index (χ2n) is 4.34. The second kappa shape index (κ2) is 7.28. The summed E-state index contributed by atoms with van der Waals surface area (Å²) < 4.78 is 5.57. The number of thiophene rings is 1. The lowest BCUT2D eigenvalue weighted by atomic mass is 10.3. The zero-order valence-corrected chi connectivity index (χ0v) is 13.1. The first-order chi connectivity index (χ1) is 9.44. The molecule has 0 aliphatic carbocycles. The number of rotatable bonds is 7. The average Bonchev–Trinajstić information content (AvgIpc) is 2.83. The fourth-order valence-corrected chi connectivity index (χ4v) is 2.73. The first-order valence-corrected chi connectivity index (χ1v) is 7.57. The summed E-state index contributed by atoms with van der Waals surface area (Å²) in [5.74, 6) is -0.866. The number of carboxylic acid groups (broad SMARTS) is 1. The zero-order chi connectivity index (χ0) is 15.3. The van der Waals surface area contributed by atoms with Crippen LogP contribution in [0, 0.1) is 0 Å². The van der Waals surface area contributed by atoms with Gasteiger partial charge in [-0.25, -0.2) is 4.79 Å². The molecule has 0 saturated carbocycles. The van der Waals surface area contributed by atoms with Gasteiger partial charge >= 0.3 is 5.97 Å². The van der Waals surface area contributed by atoms with Crippen LogP contribution in [0.5, 0.6) is 5.75 Å². The van der Waals surface area contributed by atoms with Gasteiger partial charge in [0.05, 0.1) is 0 Å². The number of carbonyl (C=O) groups excluding carboxylic acids is 1. The van der Waals surface area contributed by atoms with Crippen LogP contribution in [-0.2, 0) is 11.2 Å². The molecule has 1 N–H and O–H groups in total. The maximum atomic E-state index is 12.1. The van der Waals surface area contributed by atoms with E-state index in [0.717, 1.165) is 11.3 Å². The third-order valence-electron chi connectivity index (χ3n) is 3.02. The molecule has 6 heteroatoms. The van der Waals surface area contributed by atoms with Crippen molar-refractivity contribution in [3.05, 3.63) is 15.8 Å². The number of hydrogen-bond donors (Lipinski definition) is 1. The molecule has 1 rings (SSSR count). The van der Waals surface area contributed by atoms with E-state index < -0.39 is 12.1 Å². The number of carbonyl (C=O) groups is 2. The van der Waals surface area contributed by atoms with Crippen LogP contribution in [0.1, 0.15) is 42.2 Å². The van der Waals surface area contributed by atoms with Crippen LogP contribution in [0.4, 0.5) is 0 Å². The Kier molecular flexibility index (Phi) is 6.01. The number of likely N-dealkylation sites (N-methyl/N-ethyl adjacent to an activating group) is 1. The molecule has 1 amide bonds. The summed E-state index contributed by atoms with van der Waals surface area (Å²) in [5, 5.41) is 9.16. The predicted molar refractivity (Wildman–Crippen MR) is 78.7 cm³/mol. The SMILES string of the molecule is CCc1cc(OC(C)C(=O)N(CC)CC)c(C(=O)O)s1. The van der Waals surface area contributed by atoms with Crippen molar-refractivity contribution in [2.75, 3.05) is 13.1 Å². The largest absolute Gasteiger partial charge is 0.479 e. The fourth-order valence-electron chi connectivity index (χ4n) is 1.87. The molecule has 1 heterocycles. The van der Waals surface area contributed by atoms with Crippen molar-refractivity contribution in [1.82, 2.24) is 4.90 Å². The van der Waals surface area contributed by atoms with E-state index in [9.17, 15) is 9.59 Å². The van der Waals surface area contributed by atoms with Gasteiger partial charge in [0, 0.05) is 18.0 Å². The highest BCUT2D eigenvalue weighted by atomic mass is 32.1. The highest BCUT2D eigenvalue weighted by Gasteiger charge is 2.23. The Morgan fingerprint density at radius 3 is 2.40 bits per heavy atom. The summed E-state index contributed by atoms with van der Waals surface area (Å²) in [4.78, 5) is 26.1. The molecule has 0 aliphatic rings. The Morgan fingerprint density at radius 2 is 1.95 bits per heavy atom. The lowest BCUT2D eigenvalue weighted by molar-refractivity contribution is -0.137. The topological polar surface area (TPSA) is 66.8 Å². The quantitative estimate of drug-likeness (QED) is 0.840. The number of aromatic carboxylic acids is 1. The van der Waals surface area contributed by atoms with Gasteiger partial charge in [-0.1, -0.05) is 6.92 Å². The molecule has 0 aromatic carbocycles. The van der Waals surface area contributed by atoms with Crippen LogP contribution in [0.15, 0.2) is 6.07 Å². The smallest absolute Gasteiger partial charge is 0.349 e. The number of amides is 1. The molecule has 1 aromatic heterocycles. The normalized spacial score (nSPS) is 12.0. The van der Waals surface area contributed by atoms with Crippen molar-refractivity contribution in [1.29, 1.82) is 0 Å². The fraction of sp³-hybridized carbons (Fsp3) is 0.571. The maximum absolute atomic E-state index is 12.1. The van der Waals surface area contributed by atoms with Crippen LogP contribution < -0.4 is 4.74 Å². The van der Waals surface area contributed by atoms with Gasteiger partial charge in [-0.3, -0.25) is 4.79 Å². The van der Waals surface area contributed by atoms with Crippen LogP contribution >= 0.6 is 11.3 Å². The van der Waals surface area contributed by atoms with Gasteiger partial charge in [0.1, 0.15) is 5.75 Å². The van der Waals surface area contributed by atoms with Gasteiger partial charge in [-0.05, 0) is 33.3 Å². The summed E-state index contributed by atoms with van der Waals surface area (Å²) in [6.45, 7) is 8.62. The van der Waals surface area contributed by atoms with E-state index in [1.54, 1.807) is 17.9 Å². The molecule has 0 saturated heterocycles. The van der Waals surface area contributed by atoms with Gasteiger partial charge in [0.15, 0.2) is 11.0 Å². The summed E-state index contributed by atoms with van der Waals surface area (Å²) in [7, 11) is 0. The van der Waals surface area contributed by atoms with Crippen molar-refractivity contribution in [2.45, 2.75) is 40.2 Å². The van der Waals surface area contributed by atoms with Gasteiger partial charge < -0.3 is 14.7 Å².